The van der Waals surface area contributed by atoms with Crippen molar-refractivity contribution in [1.82, 2.24) is 14.9 Å². The molecular formula is C18H22FN3O2. The number of amides is 1. The monoisotopic (exact) mass is 331 g/mol. The number of nitrogens with one attached hydrogen (secondary N) is 1. The maximum Gasteiger partial charge on any atom is 0.254 e. The summed E-state index contributed by atoms with van der Waals surface area (Å²) in [7, 11) is 0. The molecule has 0 radical (unpaired) electrons. The quantitative estimate of drug-likeness (QED) is 0.885. The van der Waals surface area contributed by atoms with Gasteiger partial charge in [0.25, 0.3) is 5.56 Å². The van der Waals surface area contributed by atoms with Crippen LogP contribution in [0.3, 0.4) is 0 Å². The van der Waals surface area contributed by atoms with Crippen molar-refractivity contribution in [2.24, 2.45) is 0 Å². The molecule has 5 nitrogen and oxygen atoms in total. The van der Waals surface area contributed by atoms with Gasteiger partial charge < -0.3 is 5.32 Å². The van der Waals surface area contributed by atoms with Crippen LogP contribution in [0.1, 0.15) is 32.9 Å². The minimum atomic E-state index is -0.417. The summed E-state index contributed by atoms with van der Waals surface area (Å²) in [5.74, 6) is -0.382. The van der Waals surface area contributed by atoms with E-state index in [4.69, 9.17) is 0 Å². The van der Waals surface area contributed by atoms with Crippen LogP contribution in [0.15, 0.2) is 35.1 Å². The summed E-state index contributed by atoms with van der Waals surface area (Å²) in [6.07, 6.45) is 1.38. The first kappa shape index (κ1) is 17.8. The Morgan fingerprint density at radius 1 is 1.33 bits per heavy atom. The molecule has 0 saturated heterocycles. The molecule has 0 saturated carbocycles. The number of halogens is 1. The third kappa shape index (κ3) is 4.28. The van der Waals surface area contributed by atoms with E-state index < -0.39 is 5.82 Å². The third-order valence-corrected chi connectivity index (χ3v) is 3.83. The molecule has 1 N–H and O–H groups in total. The van der Waals surface area contributed by atoms with Crippen LogP contribution < -0.4 is 10.9 Å². The van der Waals surface area contributed by atoms with Crippen LogP contribution in [0, 0.1) is 5.82 Å². The number of aromatic nitrogens is 2. The summed E-state index contributed by atoms with van der Waals surface area (Å²) in [5.41, 5.74) is 0.761. The molecule has 128 valence electrons. The lowest BCUT2D eigenvalue weighted by Gasteiger charge is -2.15. The first-order valence-electron chi connectivity index (χ1n) is 8.10. The average Bonchev–Trinajstić information content (AvgIpc) is 2.56. The van der Waals surface area contributed by atoms with Crippen LogP contribution in [0.4, 0.5) is 4.39 Å². The second-order valence-electron chi connectivity index (χ2n) is 5.74. The van der Waals surface area contributed by atoms with Crippen molar-refractivity contribution in [3.8, 4) is 11.4 Å². The van der Waals surface area contributed by atoms with E-state index in [9.17, 15) is 14.0 Å². The van der Waals surface area contributed by atoms with E-state index in [1.54, 1.807) is 12.1 Å². The molecule has 1 unspecified atom stereocenters. The lowest BCUT2D eigenvalue weighted by molar-refractivity contribution is -0.122. The van der Waals surface area contributed by atoms with E-state index in [1.165, 1.54) is 22.8 Å². The summed E-state index contributed by atoms with van der Waals surface area (Å²) in [6, 6.07) is 7.30. The summed E-state index contributed by atoms with van der Waals surface area (Å²) in [5, 5.41) is 2.82. The van der Waals surface area contributed by atoms with Crippen LogP contribution in [0.5, 0.6) is 0 Å². The molecule has 0 fully saturated rings. The number of carbonyl (C=O) groups excluding carboxylic acids is 1. The van der Waals surface area contributed by atoms with Crippen LogP contribution in [-0.4, -0.2) is 21.5 Å². The van der Waals surface area contributed by atoms with Gasteiger partial charge in [0.1, 0.15) is 18.2 Å². The van der Waals surface area contributed by atoms with E-state index in [0.29, 0.717) is 23.5 Å². The van der Waals surface area contributed by atoms with Crippen molar-refractivity contribution in [3.05, 3.63) is 52.2 Å². The number of nitrogens with zero attached hydrogens (tertiary/aromatic N) is 2. The Labute approximate surface area is 140 Å². The van der Waals surface area contributed by atoms with Gasteiger partial charge in [0.2, 0.25) is 5.91 Å². The fourth-order valence-electron chi connectivity index (χ4n) is 2.30. The van der Waals surface area contributed by atoms with Gasteiger partial charge in [-0.05, 0) is 31.9 Å². The molecule has 1 aromatic carbocycles. The van der Waals surface area contributed by atoms with E-state index in [2.05, 4.69) is 10.3 Å². The predicted octanol–water partition coefficient (Wildman–Crippen LogP) is 2.53. The van der Waals surface area contributed by atoms with Gasteiger partial charge in [-0.2, -0.15) is 0 Å². The van der Waals surface area contributed by atoms with Crippen molar-refractivity contribution in [1.29, 1.82) is 0 Å². The van der Waals surface area contributed by atoms with Crippen LogP contribution in [-0.2, 0) is 17.8 Å². The molecule has 2 aromatic rings. The Bertz CT molecular complexity index is 786. The molecule has 0 spiro atoms. The highest BCUT2D eigenvalue weighted by Crippen LogP contribution is 2.17. The molecule has 6 heteroatoms. The largest absolute Gasteiger partial charge is 0.352 e. The Hall–Kier alpha value is -2.50. The number of hydrogen-bond acceptors (Lipinski definition) is 3. The molecule has 1 amide bonds. The summed E-state index contributed by atoms with van der Waals surface area (Å²) >= 11 is 0. The Kier molecular flexibility index (Phi) is 5.84. The van der Waals surface area contributed by atoms with Gasteiger partial charge in [0, 0.05) is 23.4 Å². The number of benzene rings is 1. The predicted molar refractivity (Wildman–Crippen MR) is 91.2 cm³/mol. The van der Waals surface area contributed by atoms with Gasteiger partial charge in [-0.1, -0.05) is 26.0 Å². The molecule has 0 aliphatic heterocycles. The highest BCUT2D eigenvalue weighted by molar-refractivity contribution is 5.76. The van der Waals surface area contributed by atoms with Crippen molar-refractivity contribution < 1.29 is 9.18 Å². The van der Waals surface area contributed by atoms with Crippen LogP contribution in [0.25, 0.3) is 11.4 Å². The summed E-state index contributed by atoms with van der Waals surface area (Å²) in [4.78, 5) is 29.0. The van der Waals surface area contributed by atoms with Gasteiger partial charge in [-0.15, -0.1) is 0 Å². The lowest BCUT2D eigenvalue weighted by atomic mass is 10.2. The van der Waals surface area contributed by atoms with E-state index >= 15 is 0 Å². The normalized spacial score (nSPS) is 12.0. The Morgan fingerprint density at radius 3 is 2.71 bits per heavy atom. The molecule has 0 aliphatic carbocycles. The number of hydrogen-bond donors (Lipinski definition) is 1. The molecule has 0 aliphatic rings. The van der Waals surface area contributed by atoms with E-state index in [1.807, 2.05) is 20.8 Å². The van der Waals surface area contributed by atoms with Crippen molar-refractivity contribution in [3.63, 3.8) is 0 Å². The molecule has 1 heterocycles. The Balaban J connectivity index is 2.46. The minimum Gasteiger partial charge on any atom is -0.352 e. The fraction of sp³-hybridized carbons (Fsp3) is 0.389. The van der Waals surface area contributed by atoms with Crippen molar-refractivity contribution >= 4 is 5.91 Å². The first-order valence-corrected chi connectivity index (χ1v) is 8.10. The highest BCUT2D eigenvalue weighted by Gasteiger charge is 2.15. The molecule has 24 heavy (non-hydrogen) atoms. The van der Waals surface area contributed by atoms with Crippen LogP contribution >= 0.6 is 0 Å². The van der Waals surface area contributed by atoms with Crippen LogP contribution in [0.2, 0.25) is 0 Å². The van der Waals surface area contributed by atoms with Crippen molar-refractivity contribution in [2.75, 3.05) is 0 Å². The van der Waals surface area contributed by atoms with Gasteiger partial charge >= 0.3 is 0 Å². The zero-order valence-electron chi connectivity index (χ0n) is 14.2. The molecular weight excluding hydrogens is 309 g/mol. The second kappa shape index (κ2) is 7.86. The molecule has 1 aromatic heterocycles. The summed E-state index contributed by atoms with van der Waals surface area (Å²) in [6.45, 7) is 5.60. The van der Waals surface area contributed by atoms with Crippen molar-refractivity contribution in [2.45, 2.75) is 46.2 Å². The third-order valence-electron chi connectivity index (χ3n) is 3.83. The molecule has 0 bridgehead atoms. The number of rotatable bonds is 6. The smallest absolute Gasteiger partial charge is 0.254 e. The average molecular weight is 331 g/mol. The standard InChI is InChI=1S/C18H22FN3O2/c1-4-12(3)20-16(23)11-22-17(24)10-15(5-2)21-18(22)13-7-6-8-14(19)9-13/h6-10,12H,4-5,11H2,1-3H3,(H,20,23). The molecule has 2 rings (SSSR count). The second-order valence-corrected chi connectivity index (χ2v) is 5.74. The van der Waals surface area contributed by atoms with Gasteiger partial charge in [0.15, 0.2) is 0 Å². The highest BCUT2D eigenvalue weighted by atomic mass is 19.1. The van der Waals surface area contributed by atoms with Gasteiger partial charge in [-0.25, -0.2) is 9.37 Å². The topological polar surface area (TPSA) is 64.0 Å². The number of aryl methyl sites for hydroxylation is 1. The zero-order valence-corrected chi connectivity index (χ0v) is 14.2. The SMILES string of the molecule is CCc1cc(=O)n(CC(=O)NC(C)CC)c(-c2cccc(F)c2)n1. The van der Waals surface area contributed by atoms with E-state index in [0.717, 1.165) is 6.42 Å². The minimum absolute atomic E-state index is 0.0219. The first-order chi connectivity index (χ1) is 11.4. The Morgan fingerprint density at radius 2 is 2.08 bits per heavy atom. The number of carbonyl (C=O) groups is 1. The maximum absolute atomic E-state index is 13.6. The summed E-state index contributed by atoms with van der Waals surface area (Å²) < 4.78 is 14.8. The molecule has 1 atom stereocenters. The maximum atomic E-state index is 13.6. The lowest BCUT2D eigenvalue weighted by Crippen LogP contribution is -2.37. The van der Waals surface area contributed by atoms with E-state index in [-0.39, 0.29) is 24.1 Å². The zero-order chi connectivity index (χ0) is 17.7. The van der Waals surface area contributed by atoms with Gasteiger partial charge in [0.05, 0.1) is 0 Å². The fourth-order valence-corrected chi connectivity index (χ4v) is 2.30. The van der Waals surface area contributed by atoms with Gasteiger partial charge in [-0.3, -0.25) is 14.2 Å².